The van der Waals surface area contributed by atoms with E-state index in [1.807, 2.05) is 15.8 Å². The van der Waals surface area contributed by atoms with Gasteiger partial charge >= 0.3 is 0 Å². The van der Waals surface area contributed by atoms with E-state index in [2.05, 4.69) is 45.0 Å². The Hall–Kier alpha value is -2.10. The molecule has 1 saturated heterocycles. The highest BCUT2D eigenvalue weighted by Gasteiger charge is 2.38. The van der Waals surface area contributed by atoms with Gasteiger partial charge in [0.05, 0.1) is 5.69 Å². The van der Waals surface area contributed by atoms with Gasteiger partial charge < -0.3 is 4.90 Å². The SMILES string of the molecule is Cc1cc(C)cc(N2CCC(n3ccc(C4(C)CCC4)n3)C2=O)c1. The van der Waals surface area contributed by atoms with Crippen LogP contribution < -0.4 is 4.90 Å². The number of rotatable bonds is 3. The van der Waals surface area contributed by atoms with Gasteiger partial charge in [0, 0.05) is 23.8 Å². The van der Waals surface area contributed by atoms with Gasteiger partial charge in [0.25, 0.3) is 5.91 Å². The first-order chi connectivity index (χ1) is 11.5. The summed E-state index contributed by atoms with van der Waals surface area (Å²) in [5.41, 5.74) is 4.77. The largest absolute Gasteiger partial charge is 0.310 e. The average Bonchev–Trinajstić information content (AvgIpc) is 3.10. The molecular formula is C20H25N3O. The van der Waals surface area contributed by atoms with E-state index in [0.29, 0.717) is 0 Å². The third-order valence-electron chi connectivity index (χ3n) is 5.70. The Kier molecular flexibility index (Phi) is 3.52. The molecule has 1 atom stereocenters. The van der Waals surface area contributed by atoms with Gasteiger partial charge in [-0.2, -0.15) is 5.10 Å². The molecule has 0 bridgehead atoms. The minimum Gasteiger partial charge on any atom is -0.310 e. The minimum atomic E-state index is -0.164. The standard InChI is InChI=1S/C20H25N3O/c1-14-11-15(2)13-16(12-14)22-9-5-17(19(22)24)23-10-6-18(21-23)20(3)7-4-8-20/h6,10-13,17H,4-5,7-9H2,1-3H3. The topological polar surface area (TPSA) is 38.1 Å². The van der Waals surface area contributed by atoms with E-state index in [0.717, 1.165) is 24.3 Å². The zero-order valence-corrected chi connectivity index (χ0v) is 14.7. The molecule has 2 heterocycles. The summed E-state index contributed by atoms with van der Waals surface area (Å²) in [5.74, 6) is 0.161. The second-order valence-corrected chi connectivity index (χ2v) is 7.74. The molecule has 1 aliphatic heterocycles. The number of benzene rings is 1. The first-order valence-corrected chi connectivity index (χ1v) is 8.92. The summed E-state index contributed by atoms with van der Waals surface area (Å²) in [4.78, 5) is 14.9. The number of aromatic nitrogens is 2. The van der Waals surface area contributed by atoms with Crippen molar-refractivity contribution in [2.45, 2.75) is 57.9 Å². The van der Waals surface area contributed by atoms with Gasteiger partial charge in [-0.25, -0.2) is 0 Å². The van der Waals surface area contributed by atoms with Crippen molar-refractivity contribution in [3.63, 3.8) is 0 Å². The summed E-state index contributed by atoms with van der Waals surface area (Å²) in [6.07, 6.45) is 6.51. The van der Waals surface area contributed by atoms with Gasteiger partial charge in [-0.05, 0) is 62.4 Å². The first-order valence-electron chi connectivity index (χ1n) is 8.92. The number of carbonyl (C=O) groups is 1. The summed E-state index contributed by atoms with van der Waals surface area (Å²) in [6, 6.07) is 8.27. The van der Waals surface area contributed by atoms with E-state index in [-0.39, 0.29) is 17.4 Å². The van der Waals surface area contributed by atoms with Crippen LogP contribution in [0, 0.1) is 13.8 Å². The number of hydrogen-bond acceptors (Lipinski definition) is 2. The highest BCUT2D eigenvalue weighted by atomic mass is 16.2. The molecule has 1 aromatic heterocycles. The van der Waals surface area contributed by atoms with Gasteiger partial charge in [-0.3, -0.25) is 9.48 Å². The molecule has 0 N–H and O–H groups in total. The van der Waals surface area contributed by atoms with E-state index < -0.39 is 0 Å². The summed E-state index contributed by atoms with van der Waals surface area (Å²) in [6.45, 7) is 7.20. The van der Waals surface area contributed by atoms with Gasteiger partial charge in [-0.1, -0.05) is 19.4 Å². The van der Waals surface area contributed by atoms with Gasteiger partial charge in [0.2, 0.25) is 0 Å². The molecule has 2 aliphatic rings. The van der Waals surface area contributed by atoms with Crippen LogP contribution in [0.5, 0.6) is 0 Å². The van der Waals surface area contributed by atoms with E-state index in [1.165, 1.54) is 30.4 Å². The molecule has 1 aliphatic carbocycles. The maximum atomic E-state index is 12.9. The number of aryl methyl sites for hydroxylation is 2. The zero-order chi connectivity index (χ0) is 16.9. The normalized spacial score (nSPS) is 22.7. The number of nitrogens with zero attached hydrogens (tertiary/aromatic N) is 3. The highest BCUT2D eigenvalue weighted by molar-refractivity contribution is 5.98. The van der Waals surface area contributed by atoms with Crippen LogP contribution in [0.2, 0.25) is 0 Å². The smallest absolute Gasteiger partial charge is 0.251 e. The molecular weight excluding hydrogens is 298 g/mol. The van der Waals surface area contributed by atoms with Crippen molar-refractivity contribution in [2.75, 3.05) is 11.4 Å². The van der Waals surface area contributed by atoms with E-state index in [4.69, 9.17) is 5.10 Å². The fraction of sp³-hybridized carbons (Fsp3) is 0.500. The van der Waals surface area contributed by atoms with Gasteiger partial charge in [0.1, 0.15) is 6.04 Å². The van der Waals surface area contributed by atoms with E-state index in [1.54, 1.807) is 0 Å². The lowest BCUT2D eigenvalue weighted by Gasteiger charge is -2.36. The maximum absolute atomic E-state index is 12.9. The fourth-order valence-electron chi connectivity index (χ4n) is 4.07. The Bertz CT molecular complexity index is 768. The van der Waals surface area contributed by atoms with Crippen LogP contribution in [-0.2, 0) is 10.2 Å². The average molecular weight is 323 g/mol. The minimum absolute atomic E-state index is 0.161. The molecule has 4 heteroatoms. The molecule has 0 spiro atoms. The molecule has 4 rings (SSSR count). The van der Waals surface area contributed by atoms with Crippen LogP contribution in [0.1, 0.15) is 55.5 Å². The van der Waals surface area contributed by atoms with E-state index in [9.17, 15) is 4.79 Å². The molecule has 126 valence electrons. The fourth-order valence-corrected chi connectivity index (χ4v) is 4.07. The Balaban J connectivity index is 1.57. The van der Waals surface area contributed by atoms with Crippen molar-refractivity contribution < 1.29 is 4.79 Å². The Morgan fingerprint density at radius 2 is 1.88 bits per heavy atom. The first kappa shape index (κ1) is 15.4. The van der Waals surface area contributed by atoms with Crippen LogP contribution >= 0.6 is 0 Å². The zero-order valence-electron chi connectivity index (χ0n) is 14.7. The van der Waals surface area contributed by atoms with Crippen LogP contribution in [0.4, 0.5) is 5.69 Å². The molecule has 1 saturated carbocycles. The number of carbonyl (C=O) groups excluding carboxylic acids is 1. The summed E-state index contributed by atoms with van der Waals surface area (Å²) >= 11 is 0. The number of amides is 1. The van der Waals surface area contributed by atoms with Crippen LogP contribution in [0.3, 0.4) is 0 Å². The molecule has 2 aromatic rings. The Labute approximate surface area is 143 Å². The lowest BCUT2D eigenvalue weighted by molar-refractivity contribution is -0.120. The van der Waals surface area contributed by atoms with Crippen molar-refractivity contribution in [3.8, 4) is 0 Å². The lowest BCUT2D eigenvalue weighted by Crippen LogP contribution is -2.32. The molecule has 0 radical (unpaired) electrons. The number of anilines is 1. The molecule has 1 aromatic carbocycles. The molecule has 4 nitrogen and oxygen atoms in total. The van der Waals surface area contributed by atoms with E-state index >= 15 is 0 Å². The van der Waals surface area contributed by atoms with Crippen LogP contribution in [0.25, 0.3) is 0 Å². The van der Waals surface area contributed by atoms with Crippen molar-refractivity contribution in [1.29, 1.82) is 0 Å². The predicted molar refractivity (Wildman–Crippen MR) is 95.4 cm³/mol. The highest BCUT2D eigenvalue weighted by Crippen LogP contribution is 2.42. The van der Waals surface area contributed by atoms with Crippen molar-refractivity contribution in [1.82, 2.24) is 9.78 Å². The monoisotopic (exact) mass is 323 g/mol. The Morgan fingerprint density at radius 3 is 2.50 bits per heavy atom. The summed E-state index contributed by atoms with van der Waals surface area (Å²) in [7, 11) is 0. The van der Waals surface area contributed by atoms with Gasteiger partial charge in [0.15, 0.2) is 0 Å². The molecule has 1 amide bonds. The van der Waals surface area contributed by atoms with Crippen LogP contribution in [-0.4, -0.2) is 22.2 Å². The number of hydrogen-bond donors (Lipinski definition) is 0. The second kappa shape index (κ2) is 5.47. The van der Waals surface area contributed by atoms with Crippen molar-refractivity contribution >= 4 is 11.6 Å². The lowest BCUT2D eigenvalue weighted by atomic mass is 9.68. The quantitative estimate of drug-likeness (QED) is 0.858. The summed E-state index contributed by atoms with van der Waals surface area (Å²) in [5, 5.41) is 4.77. The third kappa shape index (κ3) is 2.45. The second-order valence-electron chi connectivity index (χ2n) is 7.74. The molecule has 1 unspecified atom stereocenters. The molecule has 2 fully saturated rings. The Morgan fingerprint density at radius 1 is 1.17 bits per heavy atom. The molecule has 24 heavy (non-hydrogen) atoms. The third-order valence-corrected chi connectivity index (χ3v) is 5.70. The predicted octanol–water partition coefficient (Wildman–Crippen LogP) is 3.92. The van der Waals surface area contributed by atoms with Crippen molar-refractivity contribution in [2.24, 2.45) is 0 Å². The van der Waals surface area contributed by atoms with Crippen LogP contribution in [0.15, 0.2) is 30.5 Å². The maximum Gasteiger partial charge on any atom is 0.251 e. The van der Waals surface area contributed by atoms with Gasteiger partial charge in [-0.15, -0.1) is 0 Å². The summed E-state index contributed by atoms with van der Waals surface area (Å²) < 4.78 is 1.89. The van der Waals surface area contributed by atoms with Crippen molar-refractivity contribution in [3.05, 3.63) is 47.3 Å².